The summed E-state index contributed by atoms with van der Waals surface area (Å²) in [6.07, 6.45) is -2.53. The highest BCUT2D eigenvalue weighted by Gasteiger charge is 2.38. The van der Waals surface area contributed by atoms with Gasteiger partial charge in [-0.3, -0.25) is 0 Å². The van der Waals surface area contributed by atoms with Gasteiger partial charge in [-0.25, -0.2) is 27.5 Å². The van der Waals surface area contributed by atoms with Gasteiger partial charge in [0.25, 0.3) is 6.43 Å². The summed E-state index contributed by atoms with van der Waals surface area (Å²) in [5, 5.41) is 0. The molecule has 2 rings (SSSR count). The van der Waals surface area contributed by atoms with E-state index >= 15 is 0 Å². The van der Waals surface area contributed by atoms with Gasteiger partial charge in [-0.15, -0.1) is 0 Å². The van der Waals surface area contributed by atoms with Crippen LogP contribution in [0.3, 0.4) is 0 Å². The van der Waals surface area contributed by atoms with E-state index in [1.807, 2.05) is 6.92 Å². The van der Waals surface area contributed by atoms with Gasteiger partial charge in [0.1, 0.15) is 5.75 Å². The van der Waals surface area contributed by atoms with E-state index in [0.717, 1.165) is 6.42 Å². The Morgan fingerprint density at radius 2 is 1.70 bits per heavy atom. The van der Waals surface area contributed by atoms with E-state index in [4.69, 9.17) is 0 Å². The molecule has 0 fully saturated rings. The highest BCUT2D eigenvalue weighted by Crippen LogP contribution is 2.33. The Labute approximate surface area is 150 Å². The maximum absolute atomic E-state index is 14.1. The number of hydrogen-bond donors (Lipinski definition) is 0. The maximum atomic E-state index is 14.1. The molecule has 0 bridgehead atoms. The SMILES string of the molecule is CCCc1cnc(C(F)(F)Oc2cc(F)c(O/C=C/C(F)F)c(F)c2)nc1. The Balaban J connectivity index is 2.18. The first-order chi connectivity index (χ1) is 12.7. The van der Waals surface area contributed by atoms with Crippen LogP contribution in [0.2, 0.25) is 0 Å². The molecule has 0 unspecified atom stereocenters. The molecule has 27 heavy (non-hydrogen) atoms. The lowest BCUT2D eigenvalue weighted by Gasteiger charge is -2.17. The van der Waals surface area contributed by atoms with Crippen LogP contribution in [0, 0.1) is 11.6 Å². The first kappa shape index (κ1) is 20.5. The average Bonchev–Trinajstić information content (AvgIpc) is 2.57. The Hall–Kier alpha value is -2.78. The molecule has 1 aromatic carbocycles. The number of halogens is 6. The van der Waals surface area contributed by atoms with Crippen LogP contribution in [0.25, 0.3) is 0 Å². The van der Waals surface area contributed by atoms with Gasteiger partial charge in [-0.05, 0) is 12.0 Å². The fourth-order valence-electron chi connectivity index (χ4n) is 1.99. The number of allylic oxidation sites excluding steroid dienone is 1. The predicted octanol–water partition coefficient (Wildman–Crippen LogP) is 4.99. The molecular formula is C17H14F6N2O2. The van der Waals surface area contributed by atoms with Gasteiger partial charge in [0.15, 0.2) is 17.4 Å². The van der Waals surface area contributed by atoms with Crippen molar-refractivity contribution in [1.29, 1.82) is 0 Å². The fraction of sp³-hybridized carbons (Fsp3) is 0.294. The molecule has 0 saturated heterocycles. The van der Waals surface area contributed by atoms with Crippen LogP contribution in [-0.2, 0) is 12.5 Å². The summed E-state index contributed by atoms with van der Waals surface area (Å²) in [6.45, 7) is 1.89. The molecule has 10 heteroatoms. The van der Waals surface area contributed by atoms with Crippen LogP contribution in [0.5, 0.6) is 11.5 Å². The van der Waals surface area contributed by atoms with Crippen LogP contribution in [0.15, 0.2) is 36.9 Å². The van der Waals surface area contributed by atoms with Crippen molar-refractivity contribution in [3.8, 4) is 11.5 Å². The van der Waals surface area contributed by atoms with Gasteiger partial charge < -0.3 is 9.47 Å². The number of nitrogens with zero attached hydrogens (tertiary/aromatic N) is 2. The molecule has 2 aromatic rings. The molecule has 0 saturated carbocycles. The van der Waals surface area contributed by atoms with Crippen molar-refractivity contribution in [3.05, 3.63) is 59.9 Å². The number of ether oxygens (including phenoxy) is 2. The normalized spacial score (nSPS) is 12.0. The van der Waals surface area contributed by atoms with Crippen molar-refractivity contribution in [1.82, 2.24) is 9.97 Å². The van der Waals surface area contributed by atoms with Gasteiger partial charge >= 0.3 is 6.11 Å². The zero-order valence-electron chi connectivity index (χ0n) is 13.9. The van der Waals surface area contributed by atoms with E-state index in [9.17, 15) is 26.3 Å². The number of alkyl halides is 4. The van der Waals surface area contributed by atoms with Crippen molar-refractivity contribution in [2.45, 2.75) is 32.3 Å². The standard InChI is InChI=1S/C17H14F6N2O2/c1-2-3-10-8-24-16(25-9-10)17(22,23)27-11-6-12(18)15(13(19)7-11)26-5-4-14(20)21/h4-9,14H,2-3H2,1H3/b5-4+. The lowest BCUT2D eigenvalue weighted by molar-refractivity contribution is -0.192. The average molecular weight is 392 g/mol. The van der Waals surface area contributed by atoms with Gasteiger partial charge in [0, 0.05) is 30.6 Å². The maximum Gasteiger partial charge on any atom is 0.462 e. The third-order valence-electron chi connectivity index (χ3n) is 3.13. The lowest BCUT2D eigenvalue weighted by Crippen LogP contribution is -2.25. The van der Waals surface area contributed by atoms with Crippen molar-refractivity contribution >= 4 is 0 Å². The second-order valence-corrected chi connectivity index (χ2v) is 5.28. The van der Waals surface area contributed by atoms with E-state index in [0.29, 0.717) is 30.4 Å². The third kappa shape index (κ3) is 5.60. The van der Waals surface area contributed by atoms with E-state index in [1.54, 1.807) is 0 Å². The Kier molecular flexibility index (Phi) is 6.65. The minimum Gasteiger partial charge on any atom is -0.459 e. The molecule has 146 valence electrons. The minimum atomic E-state index is -4.05. The Morgan fingerprint density at radius 1 is 1.11 bits per heavy atom. The van der Waals surface area contributed by atoms with Gasteiger partial charge in [0.2, 0.25) is 5.82 Å². The quantitative estimate of drug-likeness (QED) is 0.469. The monoisotopic (exact) mass is 392 g/mol. The van der Waals surface area contributed by atoms with Crippen LogP contribution in [0.1, 0.15) is 24.7 Å². The number of aryl methyl sites for hydroxylation is 1. The molecular weight excluding hydrogens is 378 g/mol. The Bertz CT molecular complexity index is 774. The summed E-state index contributed by atoms with van der Waals surface area (Å²) >= 11 is 0. The molecule has 0 aliphatic heterocycles. The van der Waals surface area contributed by atoms with Crippen LogP contribution in [0.4, 0.5) is 26.3 Å². The summed E-state index contributed by atoms with van der Waals surface area (Å²) in [5.41, 5.74) is 0.646. The third-order valence-corrected chi connectivity index (χ3v) is 3.13. The van der Waals surface area contributed by atoms with Crippen molar-refractivity contribution in [2.24, 2.45) is 0 Å². The smallest absolute Gasteiger partial charge is 0.459 e. The second-order valence-electron chi connectivity index (χ2n) is 5.28. The first-order valence-electron chi connectivity index (χ1n) is 7.71. The van der Waals surface area contributed by atoms with Gasteiger partial charge in [-0.2, -0.15) is 8.78 Å². The molecule has 0 aliphatic rings. The molecule has 0 amide bonds. The van der Waals surface area contributed by atoms with Crippen LogP contribution < -0.4 is 9.47 Å². The molecule has 1 aromatic heterocycles. The molecule has 0 N–H and O–H groups in total. The summed E-state index contributed by atoms with van der Waals surface area (Å²) in [4.78, 5) is 7.01. The summed E-state index contributed by atoms with van der Waals surface area (Å²) in [6, 6.07) is 0.849. The zero-order valence-corrected chi connectivity index (χ0v) is 13.9. The molecule has 0 spiro atoms. The molecule has 0 atom stereocenters. The van der Waals surface area contributed by atoms with E-state index in [2.05, 4.69) is 19.4 Å². The van der Waals surface area contributed by atoms with Crippen molar-refractivity contribution in [2.75, 3.05) is 0 Å². The topological polar surface area (TPSA) is 44.2 Å². The molecule has 0 aliphatic carbocycles. The predicted molar refractivity (Wildman–Crippen MR) is 82.7 cm³/mol. The van der Waals surface area contributed by atoms with E-state index in [1.165, 1.54) is 12.4 Å². The summed E-state index contributed by atoms with van der Waals surface area (Å²) < 4.78 is 88.4. The largest absolute Gasteiger partial charge is 0.462 e. The molecule has 1 heterocycles. The number of benzene rings is 1. The van der Waals surface area contributed by atoms with Gasteiger partial charge in [-0.1, -0.05) is 13.3 Å². The number of hydrogen-bond acceptors (Lipinski definition) is 4. The highest BCUT2D eigenvalue weighted by molar-refractivity contribution is 5.35. The second kappa shape index (κ2) is 8.74. The van der Waals surface area contributed by atoms with Crippen molar-refractivity contribution < 1.29 is 35.8 Å². The molecule has 0 radical (unpaired) electrons. The fourth-order valence-corrected chi connectivity index (χ4v) is 1.99. The lowest BCUT2D eigenvalue weighted by atomic mass is 10.2. The first-order valence-corrected chi connectivity index (χ1v) is 7.71. The zero-order chi connectivity index (χ0) is 20.0. The highest BCUT2D eigenvalue weighted by atomic mass is 19.3. The minimum absolute atomic E-state index is 0.247. The summed E-state index contributed by atoms with van der Waals surface area (Å²) in [7, 11) is 0. The van der Waals surface area contributed by atoms with E-state index < -0.39 is 41.5 Å². The molecule has 4 nitrogen and oxygen atoms in total. The van der Waals surface area contributed by atoms with Crippen molar-refractivity contribution in [3.63, 3.8) is 0 Å². The number of aromatic nitrogens is 2. The van der Waals surface area contributed by atoms with Gasteiger partial charge in [0.05, 0.1) is 6.26 Å². The van der Waals surface area contributed by atoms with Crippen LogP contribution >= 0.6 is 0 Å². The Morgan fingerprint density at radius 3 is 2.22 bits per heavy atom. The van der Waals surface area contributed by atoms with E-state index in [-0.39, 0.29) is 6.08 Å². The van der Waals surface area contributed by atoms with Crippen LogP contribution in [-0.4, -0.2) is 16.4 Å². The summed E-state index contributed by atoms with van der Waals surface area (Å²) in [5.74, 6) is -5.72. The number of rotatable bonds is 8.